The van der Waals surface area contributed by atoms with Gasteiger partial charge in [-0.1, -0.05) is 20.8 Å². The number of amides is 1. The second kappa shape index (κ2) is 4.45. The van der Waals surface area contributed by atoms with Gasteiger partial charge >= 0.3 is 0 Å². The summed E-state index contributed by atoms with van der Waals surface area (Å²) < 4.78 is 0. The molecule has 1 amide bonds. The molecule has 0 aliphatic heterocycles. The summed E-state index contributed by atoms with van der Waals surface area (Å²) in [4.78, 5) is 11.1. The van der Waals surface area contributed by atoms with Crippen molar-refractivity contribution in [2.45, 2.75) is 40.2 Å². The Morgan fingerprint density at radius 1 is 1.50 bits per heavy atom. The molecule has 0 rings (SSSR count). The second-order valence-electron chi connectivity index (χ2n) is 4.19. The molecule has 1 atom stereocenters. The van der Waals surface area contributed by atoms with Gasteiger partial charge in [0, 0.05) is 19.0 Å². The minimum absolute atomic E-state index is 0.0416. The van der Waals surface area contributed by atoms with Crippen LogP contribution in [0.3, 0.4) is 0 Å². The molecule has 0 aromatic carbocycles. The first kappa shape index (κ1) is 11.4. The van der Waals surface area contributed by atoms with Crippen LogP contribution in [0, 0.1) is 5.41 Å². The van der Waals surface area contributed by atoms with Crippen LogP contribution in [0.2, 0.25) is 0 Å². The van der Waals surface area contributed by atoms with E-state index in [2.05, 4.69) is 26.1 Å². The van der Waals surface area contributed by atoms with E-state index in [9.17, 15) is 4.79 Å². The third-order valence-corrected chi connectivity index (χ3v) is 2.05. The fourth-order valence-corrected chi connectivity index (χ4v) is 0.661. The lowest BCUT2D eigenvalue weighted by Crippen LogP contribution is -2.41. The fraction of sp³-hybridized carbons (Fsp3) is 0.889. The van der Waals surface area contributed by atoms with Crippen LogP contribution in [-0.4, -0.2) is 18.5 Å². The summed E-state index contributed by atoms with van der Waals surface area (Å²) in [6.45, 7) is 8.72. The lowest BCUT2D eigenvalue weighted by molar-refractivity contribution is -0.122. The Labute approximate surface area is 74.7 Å². The van der Waals surface area contributed by atoms with Gasteiger partial charge in [0.15, 0.2) is 0 Å². The van der Waals surface area contributed by atoms with E-state index in [1.165, 1.54) is 0 Å². The van der Waals surface area contributed by atoms with E-state index in [0.29, 0.717) is 13.0 Å². The van der Waals surface area contributed by atoms with Gasteiger partial charge in [-0.2, -0.15) is 0 Å². The lowest BCUT2D eigenvalue weighted by atomic mass is 9.88. The largest absolute Gasteiger partial charge is 0.353 e. The summed E-state index contributed by atoms with van der Waals surface area (Å²) in [7, 11) is 0. The van der Waals surface area contributed by atoms with E-state index >= 15 is 0 Å². The molecule has 0 aliphatic carbocycles. The highest BCUT2D eigenvalue weighted by molar-refractivity contribution is 5.76. The standard InChI is InChI=1S/C9H20N2O/c1-7(9(2,3)4)11-8(12)5-6-10/h7H,5-6,10H2,1-4H3,(H,11,12)/t7-/m0/s1. The highest BCUT2D eigenvalue weighted by Crippen LogP contribution is 2.18. The smallest absolute Gasteiger partial charge is 0.221 e. The molecular formula is C9H20N2O. The van der Waals surface area contributed by atoms with Crippen molar-refractivity contribution in [3.8, 4) is 0 Å². The van der Waals surface area contributed by atoms with Gasteiger partial charge in [0.2, 0.25) is 5.91 Å². The molecule has 0 spiro atoms. The molecule has 3 heteroatoms. The Balaban J connectivity index is 3.84. The summed E-state index contributed by atoms with van der Waals surface area (Å²) in [5.41, 5.74) is 5.37. The molecule has 0 saturated heterocycles. The zero-order valence-electron chi connectivity index (χ0n) is 8.48. The van der Waals surface area contributed by atoms with E-state index in [0.717, 1.165) is 0 Å². The molecule has 0 radical (unpaired) electrons. The Hall–Kier alpha value is -0.570. The van der Waals surface area contributed by atoms with Crippen LogP contribution in [0.4, 0.5) is 0 Å². The van der Waals surface area contributed by atoms with Crippen LogP contribution in [0.5, 0.6) is 0 Å². The molecule has 12 heavy (non-hydrogen) atoms. The van der Waals surface area contributed by atoms with E-state index in [1.54, 1.807) is 0 Å². The third-order valence-electron chi connectivity index (χ3n) is 2.05. The Morgan fingerprint density at radius 2 is 2.00 bits per heavy atom. The van der Waals surface area contributed by atoms with Gasteiger partial charge < -0.3 is 11.1 Å². The van der Waals surface area contributed by atoms with Crippen molar-refractivity contribution in [3.63, 3.8) is 0 Å². The highest BCUT2D eigenvalue weighted by Gasteiger charge is 2.20. The number of carbonyl (C=O) groups excluding carboxylic acids is 1. The molecule has 0 heterocycles. The minimum Gasteiger partial charge on any atom is -0.353 e. The van der Waals surface area contributed by atoms with Crippen LogP contribution < -0.4 is 11.1 Å². The van der Waals surface area contributed by atoms with Crippen molar-refractivity contribution >= 4 is 5.91 Å². The fourth-order valence-electron chi connectivity index (χ4n) is 0.661. The van der Waals surface area contributed by atoms with Crippen LogP contribution in [0.1, 0.15) is 34.1 Å². The van der Waals surface area contributed by atoms with Gasteiger partial charge in [0.1, 0.15) is 0 Å². The summed E-state index contributed by atoms with van der Waals surface area (Å²) >= 11 is 0. The van der Waals surface area contributed by atoms with Crippen LogP contribution in [0.15, 0.2) is 0 Å². The molecule has 0 bridgehead atoms. The lowest BCUT2D eigenvalue weighted by Gasteiger charge is -2.27. The number of hydrogen-bond acceptors (Lipinski definition) is 2. The predicted molar refractivity (Wildman–Crippen MR) is 50.7 cm³/mol. The predicted octanol–water partition coefficient (Wildman–Crippen LogP) is 0.886. The molecule has 0 unspecified atom stereocenters. The number of nitrogens with two attached hydrogens (primary N) is 1. The van der Waals surface area contributed by atoms with Gasteiger partial charge in [-0.3, -0.25) is 4.79 Å². The second-order valence-corrected chi connectivity index (χ2v) is 4.19. The van der Waals surface area contributed by atoms with Crippen molar-refractivity contribution in [3.05, 3.63) is 0 Å². The van der Waals surface area contributed by atoms with E-state index < -0.39 is 0 Å². The average molecular weight is 172 g/mol. The Bertz CT molecular complexity index is 149. The molecule has 0 aromatic heterocycles. The number of rotatable bonds is 3. The summed E-state index contributed by atoms with van der Waals surface area (Å²) in [6, 6.07) is 0.191. The third kappa shape index (κ3) is 4.34. The van der Waals surface area contributed by atoms with Gasteiger partial charge in [-0.05, 0) is 12.3 Å². The summed E-state index contributed by atoms with van der Waals surface area (Å²) in [6.07, 6.45) is 0.417. The highest BCUT2D eigenvalue weighted by atomic mass is 16.1. The van der Waals surface area contributed by atoms with Crippen LogP contribution in [0.25, 0.3) is 0 Å². The molecule has 3 N–H and O–H groups in total. The van der Waals surface area contributed by atoms with Crippen molar-refractivity contribution in [1.29, 1.82) is 0 Å². The first-order chi connectivity index (χ1) is 5.38. The molecule has 0 fully saturated rings. The van der Waals surface area contributed by atoms with Gasteiger partial charge in [0.25, 0.3) is 0 Å². The molecule has 0 aromatic rings. The van der Waals surface area contributed by atoms with Crippen molar-refractivity contribution in [2.24, 2.45) is 11.1 Å². The van der Waals surface area contributed by atoms with E-state index in [1.807, 2.05) is 6.92 Å². The monoisotopic (exact) mass is 172 g/mol. The normalized spacial score (nSPS) is 14.1. The van der Waals surface area contributed by atoms with Crippen molar-refractivity contribution < 1.29 is 4.79 Å². The maximum absolute atomic E-state index is 11.1. The number of hydrogen-bond donors (Lipinski definition) is 2. The first-order valence-corrected chi connectivity index (χ1v) is 4.37. The maximum Gasteiger partial charge on any atom is 0.221 e. The van der Waals surface area contributed by atoms with E-state index in [4.69, 9.17) is 5.73 Å². The van der Waals surface area contributed by atoms with Gasteiger partial charge in [0.05, 0.1) is 0 Å². The topological polar surface area (TPSA) is 55.1 Å². The zero-order chi connectivity index (χ0) is 9.78. The van der Waals surface area contributed by atoms with E-state index in [-0.39, 0.29) is 17.4 Å². The Morgan fingerprint density at radius 3 is 2.33 bits per heavy atom. The van der Waals surface area contributed by atoms with Gasteiger partial charge in [-0.25, -0.2) is 0 Å². The number of carbonyl (C=O) groups is 1. The van der Waals surface area contributed by atoms with Crippen LogP contribution in [-0.2, 0) is 4.79 Å². The molecule has 0 aliphatic rings. The quantitative estimate of drug-likeness (QED) is 0.664. The molecule has 0 saturated carbocycles. The van der Waals surface area contributed by atoms with Crippen molar-refractivity contribution in [1.82, 2.24) is 5.32 Å². The minimum atomic E-state index is 0.0416. The maximum atomic E-state index is 11.1. The number of nitrogens with one attached hydrogen (secondary N) is 1. The molecule has 72 valence electrons. The van der Waals surface area contributed by atoms with Crippen molar-refractivity contribution in [2.75, 3.05) is 6.54 Å². The Kier molecular flexibility index (Phi) is 4.24. The van der Waals surface area contributed by atoms with Crippen LogP contribution >= 0.6 is 0 Å². The van der Waals surface area contributed by atoms with Gasteiger partial charge in [-0.15, -0.1) is 0 Å². The molecular weight excluding hydrogens is 152 g/mol. The molecule has 3 nitrogen and oxygen atoms in total. The summed E-state index contributed by atoms with van der Waals surface area (Å²) in [5, 5.41) is 2.90. The summed E-state index contributed by atoms with van der Waals surface area (Å²) in [5.74, 6) is 0.0416. The average Bonchev–Trinajstić information content (AvgIpc) is 1.85. The first-order valence-electron chi connectivity index (χ1n) is 4.37. The SMILES string of the molecule is C[C@H](NC(=O)CCN)C(C)(C)C. The zero-order valence-corrected chi connectivity index (χ0v) is 8.48.